The number of carbonyl (C=O) groups is 1. The van der Waals surface area contributed by atoms with Crippen LogP contribution in [0.3, 0.4) is 0 Å². The second kappa shape index (κ2) is 5.88. The zero-order chi connectivity index (χ0) is 15.5. The summed E-state index contributed by atoms with van der Waals surface area (Å²) in [5.41, 5.74) is -1.60. The molecule has 0 bridgehead atoms. The smallest absolute Gasteiger partial charge is 0.495 e. The third kappa shape index (κ3) is 4.21. The van der Waals surface area contributed by atoms with Crippen LogP contribution in [0.1, 0.15) is 17.7 Å². The lowest BCUT2D eigenvalue weighted by Gasteiger charge is -2.15. The number of carboxylic acid groups (broad SMARTS) is 1. The first-order chi connectivity index (χ1) is 9.14. The molecule has 0 fully saturated rings. The molecule has 0 aromatic carbocycles. The van der Waals surface area contributed by atoms with Gasteiger partial charge in [-0.1, -0.05) is 0 Å². The van der Waals surface area contributed by atoms with Crippen molar-refractivity contribution in [3.63, 3.8) is 0 Å². The fraction of sp³-hybridized carbons (Fsp3) is 0.400. The molecular formula is C10H8F5NO4. The standard InChI is InChI=1S/C10H8F5NO4/c1-19-5-2-4(3-6(17)18)9(20-10(13,14)15)16-7(5)8(11)12/h2,8H,3H2,1H3,(H,17,18). The number of halogens is 5. The third-order valence-corrected chi connectivity index (χ3v) is 2.04. The summed E-state index contributed by atoms with van der Waals surface area (Å²) >= 11 is 0. The Labute approximate surface area is 108 Å². The molecule has 0 saturated heterocycles. The van der Waals surface area contributed by atoms with E-state index >= 15 is 0 Å². The van der Waals surface area contributed by atoms with Crippen molar-refractivity contribution in [1.29, 1.82) is 0 Å². The maximum absolute atomic E-state index is 12.6. The van der Waals surface area contributed by atoms with Gasteiger partial charge < -0.3 is 14.6 Å². The Hall–Kier alpha value is -2.13. The van der Waals surface area contributed by atoms with Crippen molar-refractivity contribution >= 4 is 5.97 Å². The molecule has 1 rings (SSSR count). The number of hydrogen-bond acceptors (Lipinski definition) is 4. The van der Waals surface area contributed by atoms with Gasteiger partial charge in [0.25, 0.3) is 6.43 Å². The summed E-state index contributed by atoms with van der Waals surface area (Å²) in [6.07, 6.45) is -9.29. The molecule has 1 heterocycles. The summed E-state index contributed by atoms with van der Waals surface area (Å²) in [5, 5.41) is 8.58. The molecule has 0 aliphatic rings. The first kappa shape index (κ1) is 15.9. The number of aromatic nitrogens is 1. The summed E-state index contributed by atoms with van der Waals surface area (Å²) < 4.78 is 69.7. The molecule has 1 N–H and O–H groups in total. The van der Waals surface area contributed by atoms with Gasteiger partial charge in [0.2, 0.25) is 5.88 Å². The van der Waals surface area contributed by atoms with Crippen molar-refractivity contribution in [1.82, 2.24) is 4.98 Å². The Morgan fingerprint density at radius 3 is 2.45 bits per heavy atom. The van der Waals surface area contributed by atoms with E-state index in [1.807, 2.05) is 0 Å². The van der Waals surface area contributed by atoms with Crippen molar-refractivity contribution < 1.29 is 41.3 Å². The van der Waals surface area contributed by atoms with Crippen LogP contribution >= 0.6 is 0 Å². The van der Waals surface area contributed by atoms with Crippen LogP contribution in [0.15, 0.2) is 6.07 Å². The normalized spacial score (nSPS) is 11.6. The number of nitrogens with zero attached hydrogens (tertiary/aromatic N) is 1. The van der Waals surface area contributed by atoms with Crippen molar-refractivity contribution in [2.75, 3.05) is 7.11 Å². The molecule has 0 saturated carbocycles. The Kier molecular flexibility index (Phi) is 4.69. The summed E-state index contributed by atoms with van der Waals surface area (Å²) in [6, 6.07) is 0.726. The fourth-order valence-corrected chi connectivity index (χ4v) is 1.34. The first-order valence-electron chi connectivity index (χ1n) is 4.97. The van der Waals surface area contributed by atoms with Gasteiger partial charge in [0.1, 0.15) is 5.75 Å². The highest BCUT2D eigenvalue weighted by atomic mass is 19.4. The molecule has 0 radical (unpaired) electrons. The van der Waals surface area contributed by atoms with E-state index < -0.39 is 48.1 Å². The van der Waals surface area contributed by atoms with E-state index in [1.54, 1.807) is 0 Å². The topological polar surface area (TPSA) is 68.7 Å². The number of pyridine rings is 1. The summed E-state index contributed by atoms with van der Waals surface area (Å²) in [4.78, 5) is 13.6. The van der Waals surface area contributed by atoms with Gasteiger partial charge in [0, 0.05) is 5.56 Å². The molecule has 0 amide bonds. The summed E-state index contributed by atoms with van der Waals surface area (Å²) in [5.74, 6) is -3.24. The number of carboxylic acids is 1. The zero-order valence-corrected chi connectivity index (χ0v) is 9.87. The van der Waals surface area contributed by atoms with E-state index in [0.717, 1.165) is 13.2 Å². The molecule has 0 unspecified atom stereocenters. The average Bonchev–Trinajstić information content (AvgIpc) is 2.27. The Morgan fingerprint density at radius 2 is 2.05 bits per heavy atom. The van der Waals surface area contributed by atoms with E-state index in [9.17, 15) is 26.7 Å². The highest BCUT2D eigenvalue weighted by molar-refractivity contribution is 5.71. The lowest BCUT2D eigenvalue weighted by atomic mass is 10.1. The molecule has 0 atom stereocenters. The predicted octanol–water partition coefficient (Wildman–Crippen LogP) is 2.55. The van der Waals surface area contributed by atoms with E-state index in [2.05, 4.69) is 14.5 Å². The number of hydrogen-bond donors (Lipinski definition) is 1. The number of ether oxygens (including phenoxy) is 2. The molecule has 10 heteroatoms. The average molecular weight is 301 g/mol. The van der Waals surface area contributed by atoms with Gasteiger partial charge in [0.15, 0.2) is 5.69 Å². The minimum Gasteiger partial charge on any atom is -0.495 e. The number of rotatable bonds is 5. The van der Waals surface area contributed by atoms with Crippen LogP contribution in [0, 0.1) is 0 Å². The van der Waals surface area contributed by atoms with Crippen molar-refractivity contribution in [2.24, 2.45) is 0 Å². The van der Waals surface area contributed by atoms with Crippen LogP contribution in [0.25, 0.3) is 0 Å². The number of aliphatic carboxylic acids is 1. The van der Waals surface area contributed by atoms with Crippen LogP contribution in [-0.4, -0.2) is 29.5 Å². The van der Waals surface area contributed by atoms with Gasteiger partial charge in [-0.05, 0) is 6.07 Å². The van der Waals surface area contributed by atoms with Crippen LogP contribution in [0.2, 0.25) is 0 Å². The minimum absolute atomic E-state index is 0.522. The largest absolute Gasteiger partial charge is 0.574 e. The quantitative estimate of drug-likeness (QED) is 0.846. The molecule has 112 valence electrons. The molecule has 1 aromatic rings. The van der Waals surface area contributed by atoms with Crippen molar-refractivity contribution in [3.05, 3.63) is 17.3 Å². The highest BCUT2D eigenvalue weighted by Crippen LogP contribution is 2.34. The second-order valence-electron chi connectivity index (χ2n) is 3.46. The number of methoxy groups -OCH3 is 1. The van der Waals surface area contributed by atoms with Gasteiger partial charge in [0.05, 0.1) is 13.5 Å². The molecule has 0 spiro atoms. The van der Waals surface area contributed by atoms with Crippen LogP contribution in [0.4, 0.5) is 22.0 Å². The first-order valence-corrected chi connectivity index (χ1v) is 4.97. The maximum Gasteiger partial charge on any atom is 0.574 e. The molecule has 1 aromatic heterocycles. The van der Waals surface area contributed by atoms with E-state index in [4.69, 9.17) is 5.11 Å². The Bertz CT molecular complexity index is 503. The third-order valence-electron chi connectivity index (χ3n) is 2.04. The Morgan fingerprint density at radius 1 is 1.45 bits per heavy atom. The summed E-state index contributed by atoms with van der Waals surface area (Å²) in [7, 11) is 0.998. The van der Waals surface area contributed by atoms with Crippen LogP contribution in [0.5, 0.6) is 11.6 Å². The zero-order valence-electron chi connectivity index (χ0n) is 9.87. The van der Waals surface area contributed by atoms with Crippen molar-refractivity contribution in [2.45, 2.75) is 19.2 Å². The monoisotopic (exact) mass is 301 g/mol. The van der Waals surface area contributed by atoms with Crippen molar-refractivity contribution in [3.8, 4) is 11.6 Å². The minimum atomic E-state index is -5.19. The molecule has 20 heavy (non-hydrogen) atoms. The van der Waals surface area contributed by atoms with E-state index in [0.29, 0.717) is 0 Å². The summed E-state index contributed by atoms with van der Waals surface area (Å²) in [6.45, 7) is 0. The van der Waals surface area contributed by atoms with E-state index in [1.165, 1.54) is 0 Å². The highest BCUT2D eigenvalue weighted by Gasteiger charge is 2.34. The van der Waals surface area contributed by atoms with Gasteiger partial charge >= 0.3 is 12.3 Å². The number of alkyl halides is 5. The van der Waals surface area contributed by atoms with Gasteiger partial charge in [-0.3, -0.25) is 4.79 Å². The lowest BCUT2D eigenvalue weighted by Crippen LogP contribution is -2.20. The fourth-order valence-electron chi connectivity index (χ4n) is 1.34. The molecule has 0 aliphatic carbocycles. The second-order valence-corrected chi connectivity index (χ2v) is 3.46. The lowest BCUT2D eigenvalue weighted by molar-refractivity contribution is -0.276. The predicted molar refractivity (Wildman–Crippen MR) is 53.8 cm³/mol. The van der Waals surface area contributed by atoms with Crippen LogP contribution < -0.4 is 9.47 Å². The van der Waals surface area contributed by atoms with Gasteiger partial charge in [-0.2, -0.15) is 0 Å². The SMILES string of the molecule is COc1cc(CC(=O)O)c(OC(F)(F)F)nc1C(F)F. The van der Waals surface area contributed by atoms with Crippen LogP contribution in [-0.2, 0) is 11.2 Å². The molecule has 0 aliphatic heterocycles. The Balaban J connectivity index is 3.35. The maximum atomic E-state index is 12.6. The van der Waals surface area contributed by atoms with E-state index in [-0.39, 0.29) is 0 Å². The molecule has 5 nitrogen and oxygen atoms in total. The molecular weight excluding hydrogens is 293 g/mol. The van der Waals surface area contributed by atoms with Gasteiger partial charge in [-0.15, -0.1) is 13.2 Å². The van der Waals surface area contributed by atoms with Gasteiger partial charge in [-0.25, -0.2) is 13.8 Å².